The van der Waals surface area contributed by atoms with Gasteiger partial charge in [-0.25, -0.2) is 9.48 Å². The maximum atomic E-state index is 12.1. The van der Waals surface area contributed by atoms with E-state index in [0.717, 1.165) is 12.8 Å². The Bertz CT molecular complexity index is 492. The highest BCUT2D eigenvalue weighted by Crippen LogP contribution is 2.22. The molecule has 0 bridgehead atoms. The highest BCUT2D eigenvalue weighted by atomic mass is 16.6. The molecular formula is C13H20N4O3. The quantitative estimate of drug-likeness (QED) is 0.770. The van der Waals surface area contributed by atoms with Crippen LogP contribution in [0, 0.1) is 0 Å². The van der Waals surface area contributed by atoms with Crippen LogP contribution in [0.2, 0.25) is 0 Å². The molecule has 20 heavy (non-hydrogen) atoms. The van der Waals surface area contributed by atoms with Crippen molar-refractivity contribution in [3.8, 4) is 0 Å². The van der Waals surface area contributed by atoms with Gasteiger partial charge in [-0.3, -0.25) is 4.79 Å². The summed E-state index contributed by atoms with van der Waals surface area (Å²) in [4.78, 5) is 24.4. The summed E-state index contributed by atoms with van der Waals surface area (Å²) < 4.78 is 7.03. The predicted octanol–water partition coefficient (Wildman–Crippen LogP) is 1.66. The highest BCUT2D eigenvalue weighted by Gasteiger charge is 2.28. The lowest BCUT2D eigenvalue weighted by atomic mass is 10.1. The second kappa shape index (κ2) is 5.60. The maximum Gasteiger partial charge on any atom is 0.410 e. The Hall–Kier alpha value is -1.92. The van der Waals surface area contributed by atoms with Gasteiger partial charge in [0.1, 0.15) is 11.3 Å². The van der Waals surface area contributed by atoms with Gasteiger partial charge in [-0.05, 0) is 33.6 Å². The van der Waals surface area contributed by atoms with Crippen molar-refractivity contribution in [3.05, 3.63) is 11.9 Å². The van der Waals surface area contributed by atoms with E-state index in [2.05, 4.69) is 10.3 Å². The number of hydrogen-bond acceptors (Lipinski definition) is 5. The van der Waals surface area contributed by atoms with Gasteiger partial charge < -0.3 is 9.64 Å². The van der Waals surface area contributed by atoms with E-state index in [1.54, 1.807) is 15.8 Å². The second-order valence-electron chi connectivity index (χ2n) is 5.96. The molecule has 1 aliphatic heterocycles. The summed E-state index contributed by atoms with van der Waals surface area (Å²) in [6, 6.07) is 0.0393. The van der Waals surface area contributed by atoms with Crippen LogP contribution in [-0.4, -0.2) is 51.0 Å². The van der Waals surface area contributed by atoms with Crippen molar-refractivity contribution >= 4 is 12.4 Å². The minimum absolute atomic E-state index is 0.0393. The van der Waals surface area contributed by atoms with Gasteiger partial charge in [-0.1, -0.05) is 5.21 Å². The molecule has 1 aliphatic rings. The molecule has 1 aromatic rings. The number of nitrogens with zero attached hydrogens (tertiary/aromatic N) is 4. The Balaban J connectivity index is 2.01. The van der Waals surface area contributed by atoms with Crippen LogP contribution in [0.4, 0.5) is 4.79 Å². The molecule has 1 atom stereocenters. The van der Waals surface area contributed by atoms with Crippen molar-refractivity contribution < 1.29 is 14.3 Å². The fourth-order valence-corrected chi connectivity index (χ4v) is 2.19. The number of amides is 1. The van der Waals surface area contributed by atoms with Crippen molar-refractivity contribution in [1.82, 2.24) is 19.9 Å². The zero-order valence-corrected chi connectivity index (χ0v) is 12.1. The first-order valence-electron chi connectivity index (χ1n) is 6.74. The smallest absolute Gasteiger partial charge is 0.410 e. The average molecular weight is 280 g/mol. The molecule has 1 amide bonds. The zero-order valence-electron chi connectivity index (χ0n) is 12.1. The monoisotopic (exact) mass is 280 g/mol. The molecule has 1 saturated heterocycles. The first kappa shape index (κ1) is 14.5. The number of piperidine rings is 1. The molecular weight excluding hydrogens is 260 g/mol. The zero-order chi connectivity index (χ0) is 14.8. The lowest BCUT2D eigenvalue weighted by Crippen LogP contribution is -2.43. The van der Waals surface area contributed by atoms with Gasteiger partial charge >= 0.3 is 6.09 Å². The van der Waals surface area contributed by atoms with Crippen LogP contribution in [0.25, 0.3) is 0 Å². The van der Waals surface area contributed by atoms with Gasteiger partial charge in [-0.2, -0.15) is 0 Å². The lowest BCUT2D eigenvalue weighted by Gasteiger charge is -2.33. The van der Waals surface area contributed by atoms with Crippen molar-refractivity contribution in [2.24, 2.45) is 0 Å². The van der Waals surface area contributed by atoms with E-state index in [4.69, 9.17) is 4.74 Å². The number of aromatic nitrogens is 3. The number of ether oxygens (including phenoxy) is 1. The minimum Gasteiger partial charge on any atom is -0.444 e. The Morgan fingerprint density at radius 2 is 2.25 bits per heavy atom. The molecule has 7 heteroatoms. The fraction of sp³-hybridized carbons (Fsp3) is 0.692. The van der Waals surface area contributed by atoms with E-state index in [1.165, 1.54) is 0 Å². The summed E-state index contributed by atoms with van der Waals surface area (Å²) in [5.74, 6) is 0. The van der Waals surface area contributed by atoms with Crippen LogP contribution in [0.3, 0.4) is 0 Å². The second-order valence-corrected chi connectivity index (χ2v) is 5.96. The Kier molecular flexibility index (Phi) is 4.06. The van der Waals surface area contributed by atoms with Gasteiger partial charge in [0.25, 0.3) is 0 Å². The molecule has 1 fully saturated rings. The van der Waals surface area contributed by atoms with Crippen molar-refractivity contribution in [2.45, 2.75) is 45.3 Å². The normalized spacial score (nSPS) is 19.8. The maximum absolute atomic E-state index is 12.1. The summed E-state index contributed by atoms with van der Waals surface area (Å²) in [6.45, 7) is 6.75. The van der Waals surface area contributed by atoms with Crippen LogP contribution >= 0.6 is 0 Å². The third-order valence-electron chi connectivity index (χ3n) is 3.07. The lowest BCUT2D eigenvalue weighted by molar-refractivity contribution is 0.0166. The van der Waals surface area contributed by atoms with Crippen molar-refractivity contribution in [3.63, 3.8) is 0 Å². The van der Waals surface area contributed by atoms with Gasteiger partial charge in [0.2, 0.25) is 0 Å². The number of rotatable bonds is 2. The van der Waals surface area contributed by atoms with E-state index in [1.807, 2.05) is 20.8 Å². The van der Waals surface area contributed by atoms with E-state index in [9.17, 15) is 9.59 Å². The molecule has 7 nitrogen and oxygen atoms in total. The molecule has 2 heterocycles. The van der Waals surface area contributed by atoms with E-state index < -0.39 is 5.60 Å². The van der Waals surface area contributed by atoms with Crippen LogP contribution in [0.1, 0.15) is 50.1 Å². The first-order valence-corrected chi connectivity index (χ1v) is 6.74. The standard InChI is InChI=1S/C13H20N4O3/c1-13(2,3)20-12(19)16-6-4-5-11(8-16)17-7-10(9-18)14-15-17/h7,9,11H,4-6,8H2,1-3H3/t11-/m1/s1. The largest absolute Gasteiger partial charge is 0.444 e. The summed E-state index contributed by atoms with van der Waals surface area (Å²) in [7, 11) is 0. The topological polar surface area (TPSA) is 77.3 Å². The molecule has 2 rings (SSSR count). The Morgan fingerprint density at radius 1 is 1.50 bits per heavy atom. The van der Waals surface area contributed by atoms with Crippen LogP contribution in [-0.2, 0) is 4.74 Å². The molecule has 0 unspecified atom stereocenters. The number of likely N-dealkylation sites (tertiary alicyclic amines) is 1. The summed E-state index contributed by atoms with van der Waals surface area (Å²) in [5, 5.41) is 7.69. The molecule has 0 spiro atoms. The molecule has 0 aliphatic carbocycles. The first-order chi connectivity index (χ1) is 9.39. The van der Waals surface area contributed by atoms with E-state index in [0.29, 0.717) is 25.1 Å². The van der Waals surface area contributed by atoms with Crippen molar-refractivity contribution in [2.75, 3.05) is 13.1 Å². The Morgan fingerprint density at radius 3 is 2.85 bits per heavy atom. The molecule has 1 aromatic heterocycles. The van der Waals surface area contributed by atoms with E-state index >= 15 is 0 Å². The molecule has 110 valence electrons. The third kappa shape index (κ3) is 3.55. The third-order valence-corrected chi connectivity index (χ3v) is 3.07. The molecule has 0 radical (unpaired) electrons. The predicted molar refractivity (Wildman–Crippen MR) is 71.5 cm³/mol. The summed E-state index contributed by atoms with van der Waals surface area (Å²) in [6.07, 6.45) is 3.74. The highest BCUT2D eigenvalue weighted by molar-refractivity contribution is 5.70. The number of hydrogen-bond donors (Lipinski definition) is 0. The number of carbonyl (C=O) groups is 2. The van der Waals surface area contributed by atoms with Gasteiger partial charge in [0, 0.05) is 13.1 Å². The van der Waals surface area contributed by atoms with Crippen molar-refractivity contribution in [1.29, 1.82) is 0 Å². The molecule has 0 N–H and O–H groups in total. The molecule has 0 saturated carbocycles. The summed E-state index contributed by atoms with van der Waals surface area (Å²) in [5.41, 5.74) is -0.193. The minimum atomic E-state index is -0.498. The van der Waals surface area contributed by atoms with Gasteiger partial charge in [-0.15, -0.1) is 5.10 Å². The van der Waals surface area contributed by atoms with Crippen LogP contribution < -0.4 is 0 Å². The van der Waals surface area contributed by atoms with Crippen LogP contribution in [0.5, 0.6) is 0 Å². The Labute approximate surface area is 117 Å². The van der Waals surface area contributed by atoms with Gasteiger partial charge in [0.15, 0.2) is 6.29 Å². The number of carbonyl (C=O) groups excluding carboxylic acids is 2. The SMILES string of the molecule is CC(C)(C)OC(=O)N1CCC[C@@H](n2cc(C=O)nn2)C1. The van der Waals surface area contributed by atoms with Gasteiger partial charge in [0.05, 0.1) is 12.2 Å². The summed E-state index contributed by atoms with van der Waals surface area (Å²) >= 11 is 0. The fourth-order valence-electron chi connectivity index (χ4n) is 2.19. The number of aldehydes is 1. The average Bonchev–Trinajstić information content (AvgIpc) is 2.85. The van der Waals surface area contributed by atoms with Crippen LogP contribution in [0.15, 0.2) is 6.20 Å². The van der Waals surface area contributed by atoms with E-state index in [-0.39, 0.29) is 12.1 Å². The molecule has 0 aromatic carbocycles.